The van der Waals surface area contributed by atoms with Crippen LogP contribution in [0.4, 0.5) is 5.69 Å². The van der Waals surface area contributed by atoms with E-state index in [1.54, 1.807) is 6.92 Å². The molecule has 0 saturated carbocycles. The van der Waals surface area contributed by atoms with Crippen molar-refractivity contribution in [2.45, 2.75) is 37.8 Å². The van der Waals surface area contributed by atoms with Crippen molar-refractivity contribution in [3.63, 3.8) is 0 Å². The summed E-state index contributed by atoms with van der Waals surface area (Å²) in [6.45, 7) is 3.95. The van der Waals surface area contributed by atoms with Crippen molar-refractivity contribution in [2.75, 3.05) is 38.6 Å². The number of carbonyl (C=O) groups is 2. The highest BCUT2D eigenvalue weighted by Gasteiger charge is 2.48. The summed E-state index contributed by atoms with van der Waals surface area (Å²) in [4.78, 5) is 28.8. The molecule has 0 radical (unpaired) electrons. The first kappa shape index (κ1) is 17.7. The predicted molar refractivity (Wildman–Crippen MR) is 98.9 cm³/mol. The maximum absolute atomic E-state index is 13.3. The molecule has 0 aliphatic carbocycles. The van der Waals surface area contributed by atoms with Crippen LogP contribution in [0.5, 0.6) is 0 Å². The maximum atomic E-state index is 13.3. The molecule has 0 aromatic heterocycles. The molecular formula is C19H28N4O2. The number of anilines is 1. The van der Waals surface area contributed by atoms with E-state index in [0.717, 1.165) is 38.0 Å². The summed E-state index contributed by atoms with van der Waals surface area (Å²) in [6, 6.07) is 7.80. The quantitative estimate of drug-likeness (QED) is 0.866. The van der Waals surface area contributed by atoms with Crippen LogP contribution < -0.4 is 15.5 Å². The molecular weight excluding hydrogens is 316 g/mol. The molecule has 0 bridgehead atoms. The van der Waals surface area contributed by atoms with E-state index in [0.29, 0.717) is 12.1 Å². The first-order valence-corrected chi connectivity index (χ1v) is 8.98. The molecule has 136 valence electrons. The van der Waals surface area contributed by atoms with Gasteiger partial charge in [-0.25, -0.2) is 0 Å². The standard InChI is InChI=1S/C19H28N4O2/c1-14(24)21-16-12-19(7-9-20-10-8-19)23(13-16)18(25)15-5-4-6-17(11-15)22(2)3/h4-6,11,16,20H,7-10,12-13H2,1-3H3,(H,21,24)/t16-/m0/s1. The summed E-state index contributed by atoms with van der Waals surface area (Å²) in [7, 11) is 3.95. The molecule has 1 atom stereocenters. The maximum Gasteiger partial charge on any atom is 0.254 e. The van der Waals surface area contributed by atoms with Gasteiger partial charge in [-0.15, -0.1) is 0 Å². The summed E-state index contributed by atoms with van der Waals surface area (Å²) < 4.78 is 0. The molecule has 2 heterocycles. The third-order valence-corrected chi connectivity index (χ3v) is 5.40. The number of benzene rings is 1. The van der Waals surface area contributed by atoms with E-state index in [2.05, 4.69) is 10.6 Å². The van der Waals surface area contributed by atoms with Gasteiger partial charge >= 0.3 is 0 Å². The van der Waals surface area contributed by atoms with Crippen molar-refractivity contribution >= 4 is 17.5 Å². The Kier molecular flexibility index (Phi) is 4.99. The van der Waals surface area contributed by atoms with Crippen LogP contribution >= 0.6 is 0 Å². The Morgan fingerprint density at radius 3 is 2.64 bits per heavy atom. The Morgan fingerprint density at radius 1 is 1.28 bits per heavy atom. The number of hydrogen-bond acceptors (Lipinski definition) is 4. The lowest BCUT2D eigenvalue weighted by Gasteiger charge is -2.41. The summed E-state index contributed by atoms with van der Waals surface area (Å²) in [5.74, 6) is 0.0384. The fourth-order valence-electron chi connectivity index (χ4n) is 4.17. The van der Waals surface area contributed by atoms with Crippen molar-refractivity contribution in [3.8, 4) is 0 Å². The van der Waals surface area contributed by atoms with E-state index in [1.165, 1.54) is 0 Å². The first-order valence-electron chi connectivity index (χ1n) is 8.98. The zero-order valence-corrected chi connectivity index (χ0v) is 15.3. The van der Waals surface area contributed by atoms with Gasteiger partial charge in [-0.2, -0.15) is 0 Å². The Balaban J connectivity index is 1.87. The van der Waals surface area contributed by atoms with E-state index < -0.39 is 0 Å². The van der Waals surface area contributed by atoms with Crippen molar-refractivity contribution in [2.24, 2.45) is 0 Å². The normalized spacial score (nSPS) is 22.0. The highest BCUT2D eigenvalue weighted by atomic mass is 16.2. The van der Waals surface area contributed by atoms with E-state index >= 15 is 0 Å². The Hall–Kier alpha value is -2.08. The molecule has 2 N–H and O–H groups in total. The summed E-state index contributed by atoms with van der Waals surface area (Å²) in [5, 5.41) is 6.40. The summed E-state index contributed by atoms with van der Waals surface area (Å²) in [6.07, 6.45) is 2.71. The highest BCUT2D eigenvalue weighted by molar-refractivity contribution is 5.96. The van der Waals surface area contributed by atoms with E-state index in [4.69, 9.17) is 0 Å². The highest BCUT2D eigenvalue weighted by Crippen LogP contribution is 2.38. The van der Waals surface area contributed by atoms with Crippen LogP contribution in [0, 0.1) is 0 Å². The molecule has 1 aromatic rings. The second-order valence-electron chi connectivity index (χ2n) is 7.44. The molecule has 1 aromatic carbocycles. The molecule has 1 spiro atoms. The van der Waals surface area contributed by atoms with Crippen LogP contribution in [0.1, 0.15) is 36.5 Å². The third-order valence-electron chi connectivity index (χ3n) is 5.40. The molecule has 3 rings (SSSR count). The van der Waals surface area contributed by atoms with Crippen LogP contribution in [0.15, 0.2) is 24.3 Å². The van der Waals surface area contributed by atoms with Gasteiger partial charge in [0.15, 0.2) is 0 Å². The smallest absolute Gasteiger partial charge is 0.254 e. The number of nitrogens with one attached hydrogen (secondary N) is 2. The number of carbonyl (C=O) groups excluding carboxylic acids is 2. The number of rotatable bonds is 3. The van der Waals surface area contributed by atoms with Gasteiger partial charge in [-0.05, 0) is 50.6 Å². The fraction of sp³-hybridized carbons (Fsp3) is 0.579. The van der Waals surface area contributed by atoms with Crippen LogP contribution in [-0.2, 0) is 4.79 Å². The molecule has 2 fully saturated rings. The third kappa shape index (κ3) is 3.63. The molecule has 2 aliphatic rings. The SMILES string of the molecule is CC(=O)N[C@@H]1CN(C(=O)c2cccc(N(C)C)c2)C2(CCNCC2)C1. The van der Waals surface area contributed by atoms with Crippen molar-refractivity contribution in [1.82, 2.24) is 15.5 Å². The number of hydrogen-bond donors (Lipinski definition) is 2. The molecule has 6 nitrogen and oxygen atoms in total. The molecule has 6 heteroatoms. The molecule has 2 saturated heterocycles. The first-order chi connectivity index (χ1) is 11.9. The zero-order valence-electron chi connectivity index (χ0n) is 15.3. The lowest BCUT2D eigenvalue weighted by atomic mass is 9.84. The molecule has 0 unspecified atom stereocenters. The minimum atomic E-state index is -0.149. The van der Waals surface area contributed by atoms with Crippen molar-refractivity contribution in [1.29, 1.82) is 0 Å². The van der Waals surface area contributed by atoms with E-state index in [-0.39, 0.29) is 23.4 Å². The minimum Gasteiger partial charge on any atom is -0.378 e. The van der Waals surface area contributed by atoms with Gasteiger partial charge in [-0.3, -0.25) is 9.59 Å². The predicted octanol–water partition coefficient (Wildman–Crippen LogP) is 1.23. The van der Waals surface area contributed by atoms with Gasteiger partial charge in [0.05, 0.1) is 0 Å². The lowest BCUT2D eigenvalue weighted by molar-refractivity contribution is -0.119. The molecule has 25 heavy (non-hydrogen) atoms. The van der Waals surface area contributed by atoms with Crippen molar-refractivity contribution < 1.29 is 9.59 Å². The van der Waals surface area contributed by atoms with Gasteiger partial charge < -0.3 is 20.4 Å². The largest absolute Gasteiger partial charge is 0.378 e. The van der Waals surface area contributed by atoms with Crippen LogP contribution in [0.3, 0.4) is 0 Å². The topological polar surface area (TPSA) is 64.7 Å². The fourth-order valence-corrected chi connectivity index (χ4v) is 4.17. The van der Waals surface area contributed by atoms with Gasteiger partial charge in [0.25, 0.3) is 5.91 Å². The Morgan fingerprint density at radius 2 is 2.00 bits per heavy atom. The van der Waals surface area contributed by atoms with Crippen LogP contribution in [0.25, 0.3) is 0 Å². The van der Waals surface area contributed by atoms with Crippen LogP contribution in [0.2, 0.25) is 0 Å². The van der Waals surface area contributed by atoms with E-state index in [9.17, 15) is 9.59 Å². The number of likely N-dealkylation sites (tertiary alicyclic amines) is 1. The molecule has 2 amide bonds. The number of nitrogens with zero attached hydrogens (tertiary/aromatic N) is 2. The monoisotopic (exact) mass is 344 g/mol. The average molecular weight is 344 g/mol. The van der Waals surface area contributed by atoms with Crippen molar-refractivity contribution in [3.05, 3.63) is 29.8 Å². The summed E-state index contributed by atoms with van der Waals surface area (Å²) >= 11 is 0. The summed E-state index contributed by atoms with van der Waals surface area (Å²) in [5.41, 5.74) is 1.58. The van der Waals surface area contributed by atoms with Gasteiger partial charge in [0.2, 0.25) is 5.91 Å². The van der Waals surface area contributed by atoms with Crippen LogP contribution in [-0.4, -0.2) is 62.0 Å². The lowest BCUT2D eigenvalue weighted by Crippen LogP contribution is -2.53. The van der Waals surface area contributed by atoms with E-state index in [1.807, 2.05) is 48.2 Å². The number of piperidine rings is 1. The van der Waals surface area contributed by atoms with Gasteiger partial charge in [0.1, 0.15) is 0 Å². The second-order valence-corrected chi connectivity index (χ2v) is 7.44. The van der Waals surface area contributed by atoms with Gasteiger partial charge in [0, 0.05) is 50.4 Å². The Labute approximate surface area is 149 Å². The second kappa shape index (κ2) is 7.04. The average Bonchev–Trinajstić information content (AvgIpc) is 2.91. The van der Waals surface area contributed by atoms with Gasteiger partial charge in [-0.1, -0.05) is 6.07 Å². The number of amides is 2. The molecule has 2 aliphatic heterocycles. The minimum absolute atomic E-state index is 0.0296. The zero-order chi connectivity index (χ0) is 18.0. The Bertz CT molecular complexity index is 653.